The van der Waals surface area contributed by atoms with E-state index >= 15 is 0 Å². The molecule has 0 amide bonds. The summed E-state index contributed by atoms with van der Waals surface area (Å²) in [6, 6.07) is 4.81. The minimum Gasteiger partial charge on any atom is -0.344 e. The molecule has 0 fully saturated rings. The summed E-state index contributed by atoms with van der Waals surface area (Å²) in [5.74, 6) is 0.505. The largest absolute Gasteiger partial charge is 0.344 e. The van der Waals surface area contributed by atoms with E-state index in [1.165, 1.54) is 52.7 Å². The second kappa shape index (κ2) is 4.68. The Morgan fingerprint density at radius 1 is 1.32 bits per heavy atom. The number of nitrogens with two attached hydrogens (primary N) is 1. The summed E-state index contributed by atoms with van der Waals surface area (Å²) < 4.78 is 2.51. The predicted octanol–water partition coefficient (Wildman–Crippen LogP) is 3.66. The maximum Gasteiger partial charge on any atom is 0.0517 e. The monoisotopic (exact) mass is 256 g/mol. The zero-order chi connectivity index (χ0) is 13.6. The molecule has 1 aliphatic rings. The molecule has 0 aliphatic carbocycles. The molecule has 2 heteroatoms. The van der Waals surface area contributed by atoms with Gasteiger partial charge in [0.2, 0.25) is 0 Å². The fourth-order valence-electron chi connectivity index (χ4n) is 3.56. The van der Waals surface area contributed by atoms with E-state index in [1.807, 2.05) is 0 Å². The summed E-state index contributed by atoms with van der Waals surface area (Å²) in [5.41, 5.74) is 13.3. The van der Waals surface area contributed by atoms with Crippen LogP contribution in [0.5, 0.6) is 0 Å². The Kier molecular flexibility index (Phi) is 3.14. The van der Waals surface area contributed by atoms with Crippen LogP contribution in [0.3, 0.4) is 0 Å². The van der Waals surface area contributed by atoms with Crippen molar-refractivity contribution >= 4 is 10.9 Å². The summed E-state index contributed by atoms with van der Waals surface area (Å²) in [6.07, 6.45) is 3.61. The number of benzene rings is 1. The number of aromatic nitrogens is 1. The van der Waals surface area contributed by atoms with Gasteiger partial charge in [-0.15, -0.1) is 0 Å². The molecular formula is C17H24N2. The summed E-state index contributed by atoms with van der Waals surface area (Å²) in [6.45, 7) is 8.67. The molecule has 0 saturated carbocycles. The van der Waals surface area contributed by atoms with E-state index in [1.54, 1.807) is 0 Å². The molecule has 2 aromatic rings. The number of hydrogen-bond acceptors (Lipinski definition) is 1. The number of rotatable bonds is 3. The van der Waals surface area contributed by atoms with Gasteiger partial charge in [-0.25, -0.2) is 0 Å². The van der Waals surface area contributed by atoms with Crippen molar-refractivity contribution in [3.8, 4) is 0 Å². The van der Waals surface area contributed by atoms with Crippen LogP contribution >= 0.6 is 0 Å². The summed E-state index contributed by atoms with van der Waals surface area (Å²) >= 11 is 0. The lowest BCUT2D eigenvalue weighted by Gasteiger charge is -2.20. The Morgan fingerprint density at radius 3 is 2.79 bits per heavy atom. The molecule has 0 bridgehead atoms. The van der Waals surface area contributed by atoms with Crippen molar-refractivity contribution in [1.29, 1.82) is 0 Å². The Balaban J connectivity index is 2.28. The summed E-state index contributed by atoms with van der Waals surface area (Å²) in [7, 11) is 0. The molecule has 19 heavy (non-hydrogen) atoms. The Hall–Kier alpha value is -1.28. The maximum atomic E-state index is 5.93. The molecule has 1 atom stereocenters. The second-order valence-electron chi connectivity index (χ2n) is 5.88. The highest BCUT2D eigenvalue weighted by Gasteiger charge is 2.20. The molecule has 1 unspecified atom stereocenters. The van der Waals surface area contributed by atoms with Gasteiger partial charge in [0, 0.05) is 17.6 Å². The van der Waals surface area contributed by atoms with Gasteiger partial charge >= 0.3 is 0 Å². The molecule has 2 heterocycles. The van der Waals surface area contributed by atoms with Gasteiger partial charge in [-0.1, -0.05) is 13.0 Å². The van der Waals surface area contributed by atoms with Gasteiger partial charge in [0.05, 0.1) is 5.52 Å². The highest BCUT2D eigenvalue weighted by molar-refractivity contribution is 5.89. The van der Waals surface area contributed by atoms with Crippen LogP contribution in [0.15, 0.2) is 12.1 Å². The van der Waals surface area contributed by atoms with Crippen molar-refractivity contribution in [1.82, 2.24) is 4.57 Å². The van der Waals surface area contributed by atoms with E-state index in [-0.39, 0.29) is 0 Å². The molecule has 0 radical (unpaired) electrons. The average molecular weight is 256 g/mol. The van der Waals surface area contributed by atoms with Crippen molar-refractivity contribution < 1.29 is 0 Å². The quantitative estimate of drug-likeness (QED) is 0.892. The first-order chi connectivity index (χ1) is 9.17. The number of aryl methyl sites for hydroxylation is 3. The van der Waals surface area contributed by atoms with Crippen LogP contribution in [0, 0.1) is 13.8 Å². The Labute approximate surface area is 115 Å². The molecule has 3 rings (SSSR count). The molecule has 2 N–H and O–H groups in total. The van der Waals surface area contributed by atoms with Gasteiger partial charge in [-0.2, -0.15) is 0 Å². The highest BCUT2D eigenvalue weighted by atomic mass is 15.0. The van der Waals surface area contributed by atoms with Crippen LogP contribution in [0.4, 0.5) is 0 Å². The standard InChI is InChI=1S/C17H24N2/c1-4-13(10-18)15-8-14-6-5-7-19-12(3)11(2)16(9-15)17(14)19/h8-9,13H,4-7,10,18H2,1-3H3. The fraction of sp³-hybridized carbons (Fsp3) is 0.529. The first kappa shape index (κ1) is 12.7. The Bertz CT molecular complexity index is 618. The molecule has 2 nitrogen and oxygen atoms in total. The van der Waals surface area contributed by atoms with Gasteiger partial charge < -0.3 is 10.3 Å². The minimum absolute atomic E-state index is 0.505. The van der Waals surface area contributed by atoms with Crippen molar-refractivity contribution in [3.05, 3.63) is 34.5 Å². The van der Waals surface area contributed by atoms with Crippen molar-refractivity contribution in [3.63, 3.8) is 0 Å². The molecule has 0 saturated heterocycles. The maximum absolute atomic E-state index is 5.93. The van der Waals surface area contributed by atoms with Crippen LogP contribution in [-0.4, -0.2) is 11.1 Å². The van der Waals surface area contributed by atoms with E-state index in [9.17, 15) is 0 Å². The topological polar surface area (TPSA) is 30.9 Å². The van der Waals surface area contributed by atoms with Crippen LogP contribution in [-0.2, 0) is 13.0 Å². The first-order valence-electron chi connectivity index (χ1n) is 7.49. The molecular weight excluding hydrogens is 232 g/mol. The lowest BCUT2D eigenvalue weighted by Crippen LogP contribution is -2.13. The number of nitrogens with zero attached hydrogens (tertiary/aromatic N) is 1. The SMILES string of the molecule is CCC(CN)c1cc2c3c(c1)c(C)c(C)n3CCC2. The van der Waals surface area contributed by atoms with Gasteiger partial charge in [0.1, 0.15) is 0 Å². The highest BCUT2D eigenvalue weighted by Crippen LogP contribution is 2.35. The molecule has 1 aromatic heterocycles. The number of hydrogen-bond donors (Lipinski definition) is 1. The van der Waals surface area contributed by atoms with Crippen LogP contribution in [0.25, 0.3) is 10.9 Å². The van der Waals surface area contributed by atoms with E-state index in [0.29, 0.717) is 5.92 Å². The first-order valence-corrected chi connectivity index (χ1v) is 7.49. The summed E-state index contributed by atoms with van der Waals surface area (Å²) in [4.78, 5) is 0. The van der Waals surface area contributed by atoms with Crippen LogP contribution in [0.1, 0.15) is 48.1 Å². The molecule has 102 valence electrons. The molecule has 1 aromatic carbocycles. The zero-order valence-corrected chi connectivity index (χ0v) is 12.3. The predicted molar refractivity (Wildman–Crippen MR) is 81.8 cm³/mol. The zero-order valence-electron chi connectivity index (χ0n) is 12.3. The third-order valence-corrected chi connectivity index (χ3v) is 4.91. The smallest absolute Gasteiger partial charge is 0.0517 e. The molecule has 1 aliphatic heterocycles. The van der Waals surface area contributed by atoms with Gasteiger partial charge in [-0.3, -0.25) is 0 Å². The van der Waals surface area contributed by atoms with Gasteiger partial charge in [0.25, 0.3) is 0 Å². The van der Waals surface area contributed by atoms with Gasteiger partial charge in [0.15, 0.2) is 0 Å². The average Bonchev–Trinajstić information content (AvgIpc) is 2.68. The second-order valence-corrected chi connectivity index (χ2v) is 5.88. The Morgan fingerprint density at radius 2 is 2.11 bits per heavy atom. The third-order valence-electron chi connectivity index (χ3n) is 4.91. The summed E-state index contributed by atoms with van der Waals surface area (Å²) in [5, 5.41) is 1.46. The van der Waals surface area contributed by atoms with Crippen molar-refractivity contribution in [2.24, 2.45) is 5.73 Å². The third kappa shape index (κ3) is 1.81. The van der Waals surface area contributed by atoms with E-state index in [2.05, 4.69) is 37.5 Å². The lowest BCUT2D eigenvalue weighted by molar-refractivity contribution is 0.619. The van der Waals surface area contributed by atoms with E-state index in [4.69, 9.17) is 5.73 Å². The fourth-order valence-corrected chi connectivity index (χ4v) is 3.56. The van der Waals surface area contributed by atoms with E-state index < -0.39 is 0 Å². The molecule has 0 spiro atoms. The van der Waals surface area contributed by atoms with Crippen LogP contribution < -0.4 is 5.73 Å². The van der Waals surface area contributed by atoms with Crippen LogP contribution in [0.2, 0.25) is 0 Å². The minimum atomic E-state index is 0.505. The van der Waals surface area contributed by atoms with Gasteiger partial charge in [-0.05, 0) is 68.3 Å². The van der Waals surface area contributed by atoms with Crippen molar-refractivity contribution in [2.75, 3.05) is 6.54 Å². The normalized spacial score (nSPS) is 16.0. The van der Waals surface area contributed by atoms with E-state index in [0.717, 1.165) is 13.0 Å². The lowest BCUT2D eigenvalue weighted by atomic mass is 9.91. The van der Waals surface area contributed by atoms with Crippen molar-refractivity contribution in [2.45, 2.75) is 52.5 Å².